The van der Waals surface area contributed by atoms with Crippen molar-refractivity contribution in [2.75, 3.05) is 13.1 Å². The van der Waals surface area contributed by atoms with Crippen molar-refractivity contribution in [3.05, 3.63) is 39.9 Å². The summed E-state index contributed by atoms with van der Waals surface area (Å²) in [5.74, 6) is -0.595. The number of benzene rings is 1. The van der Waals surface area contributed by atoms with Gasteiger partial charge in [0.25, 0.3) is 5.69 Å². The Hall–Kier alpha value is -1.95. The molecule has 0 saturated carbocycles. The van der Waals surface area contributed by atoms with Gasteiger partial charge in [-0.25, -0.2) is 0 Å². The fraction of sp³-hybridized carbons (Fsp3) is 0.533. The number of carboxylic acid groups (broad SMARTS) is 1. The fourth-order valence-electron chi connectivity index (χ4n) is 2.97. The van der Waals surface area contributed by atoms with Gasteiger partial charge in [0.1, 0.15) is 0 Å². The lowest BCUT2D eigenvalue weighted by molar-refractivity contribution is -0.385. The molecule has 1 heterocycles. The Labute approximate surface area is 123 Å². The van der Waals surface area contributed by atoms with Crippen molar-refractivity contribution >= 4 is 11.7 Å². The van der Waals surface area contributed by atoms with Crippen molar-refractivity contribution in [3.63, 3.8) is 0 Å². The average Bonchev–Trinajstić information content (AvgIpc) is 2.46. The molecule has 2 atom stereocenters. The maximum Gasteiger partial charge on any atom is 0.303 e. The fourth-order valence-corrected chi connectivity index (χ4v) is 2.97. The number of aliphatic carboxylic acids is 1. The largest absolute Gasteiger partial charge is 0.481 e. The maximum absolute atomic E-state index is 10.9. The van der Waals surface area contributed by atoms with Gasteiger partial charge in [-0.15, -0.1) is 0 Å². The quantitative estimate of drug-likeness (QED) is 0.666. The van der Waals surface area contributed by atoms with E-state index in [4.69, 9.17) is 5.11 Å². The van der Waals surface area contributed by atoms with Crippen LogP contribution in [0.4, 0.5) is 5.69 Å². The van der Waals surface area contributed by atoms with Crippen LogP contribution in [0.5, 0.6) is 0 Å². The smallest absolute Gasteiger partial charge is 0.303 e. The van der Waals surface area contributed by atoms with Gasteiger partial charge in [-0.1, -0.05) is 12.1 Å². The number of likely N-dealkylation sites (tertiary alicyclic amines) is 1. The van der Waals surface area contributed by atoms with E-state index in [1.165, 1.54) is 6.07 Å². The molecule has 1 N–H and O–H groups in total. The molecule has 1 aliphatic rings. The van der Waals surface area contributed by atoms with Crippen molar-refractivity contribution in [2.24, 2.45) is 5.92 Å². The molecule has 6 nitrogen and oxygen atoms in total. The van der Waals surface area contributed by atoms with Gasteiger partial charge in [0.05, 0.1) is 4.92 Å². The van der Waals surface area contributed by atoms with Crippen molar-refractivity contribution in [2.45, 2.75) is 32.2 Å². The van der Waals surface area contributed by atoms with Crippen LogP contribution in [0.25, 0.3) is 0 Å². The van der Waals surface area contributed by atoms with Crippen molar-refractivity contribution in [1.82, 2.24) is 4.90 Å². The Balaban J connectivity index is 2.08. The molecule has 0 aliphatic carbocycles. The highest BCUT2D eigenvalue weighted by atomic mass is 16.6. The van der Waals surface area contributed by atoms with E-state index in [1.54, 1.807) is 12.1 Å². The first-order valence-corrected chi connectivity index (χ1v) is 7.17. The summed E-state index contributed by atoms with van der Waals surface area (Å²) in [6.45, 7) is 3.65. The molecule has 1 aromatic carbocycles. The molecule has 0 aromatic heterocycles. The van der Waals surface area contributed by atoms with Gasteiger partial charge < -0.3 is 5.11 Å². The second-order valence-corrected chi connectivity index (χ2v) is 5.63. The van der Waals surface area contributed by atoms with Crippen molar-refractivity contribution in [3.8, 4) is 0 Å². The number of hydrogen-bond acceptors (Lipinski definition) is 4. The highest BCUT2D eigenvalue weighted by Gasteiger charge is 2.26. The molecule has 0 radical (unpaired) electrons. The lowest BCUT2D eigenvalue weighted by Gasteiger charge is -2.36. The van der Waals surface area contributed by atoms with Crippen molar-refractivity contribution in [1.29, 1.82) is 0 Å². The van der Waals surface area contributed by atoms with Gasteiger partial charge in [0.2, 0.25) is 0 Å². The molecule has 1 fully saturated rings. The molecule has 1 aliphatic heterocycles. The van der Waals surface area contributed by atoms with Gasteiger partial charge in [-0.2, -0.15) is 0 Å². The number of non-ortho nitro benzene ring substituents is 1. The molecule has 0 bridgehead atoms. The number of rotatable bonds is 5. The van der Waals surface area contributed by atoms with Crippen molar-refractivity contribution < 1.29 is 14.8 Å². The van der Waals surface area contributed by atoms with E-state index >= 15 is 0 Å². The number of nitro groups is 1. The molecular weight excluding hydrogens is 272 g/mol. The highest BCUT2D eigenvalue weighted by molar-refractivity contribution is 5.67. The van der Waals surface area contributed by atoms with E-state index in [1.807, 2.05) is 13.0 Å². The van der Waals surface area contributed by atoms with Crippen LogP contribution < -0.4 is 0 Å². The lowest BCUT2D eigenvalue weighted by Crippen LogP contribution is -2.38. The Morgan fingerprint density at radius 3 is 3.00 bits per heavy atom. The van der Waals surface area contributed by atoms with E-state index in [0.717, 1.165) is 31.5 Å². The molecule has 21 heavy (non-hydrogen) atoms. The number of carbonyl (C=O) groups is 1. The van der Waals surface area contributed by atoms with Gasteiger partial charge in [0.15, 0.2) is 0 Å². The van der Waals surface area contributed by atoms with E-state index < -0.39 is 5.97 Å². The Bertz CT molecular complexity index is 532. The predicted octanol–water partition coefficient (Wildman–Crippen LogP) is 2.84. The number of nitrogens with zero attached hydrogens (tertiary/aromatic N) is 2. The molecule has 114 valence electrons. The molecule has 2 rings (SSSR count). The van der Waals surface area contributed by atoms with Crippen LogP contribution in [0.3, 0.4) is 0 Å². The second-order valence-electron chi connectivity index (χ2n) is 5.63. The standard InChI is InChI=1S/C15H20N2O4/c1-11(13-5-2-6-14(9-13)17(20)21)16-7-3-4-12(10-16)8-15(18)19/h2,5-6,9,11-12H,3-4,7-8,10H2,1H3,(H,18,19). The monoisotopic (exact) mass is 292 g/mol. The van der Waals surface area contributed by atoms with Crippen LogP contribution in [0.1, 0.15) is 37.8 Å². The third-order valence-electron chi connectivity index (χ3n) is 4.12. The van der Waals surface area contributed by atoms with Gasteiger partial charge in [0, 0.05) is 31.1 Å². The first kappa shape index (κ1) is 15.4. The Morgan fingerprint density at radius 2 is 2.33 bits per heavy atom. The van der Waals surface area contributed by atoms with E-state index in [2.05, 4.69) is 4.90 Å². The van der Waals surface area contributed by atoms with Crippen LogP contribution in [0.15, 0.2) is 24.3 Å². The number of hydrogen-bond donors (Lipinski definition) is 1. The predicted molar refractivity (Wildman–Crippen MR) is 78.1 cm³/mol. The van der Waals surface area contributed by atoms with Gasteiger partial charge in [-0.3, -0.25) is 19.8 Å². The van der Waals surface area contributed by atoms with Crippen LogP contribution in [0, 0.1) is 16.0 Å². The van der Waals surface area contributed by atoms with E-state index in [9.17, 15) is 14.9 Å². The lowest BCUT2D eigenvalue weighted by atomic mass is 9.93. The first-order chi connectivity index (χ1) is 9.97. The molecule has 2 unspecified atom stereocenters. The molecule has 1 saturated heterocycles. The van der Waals surface area contributed by atoms with Crippen LogP contribution in [-0.4, -0.2) is 34.0 Å². The normalized spacial score (nSPS) is 20.9. The first-order valence-electron chi connectivity index (χ1n) is 7.17. The minimum absolute atomic E-state index is 0.0569. The Kier molecular flexibility index (Phi) is 4.90. The third-order valence-corrected chi connectivity index (χ3v) is 4.12. The molecule has 1 aromatic rings. The number of nitro benzene ring substituents is 1. The SMILES string of the molecule is CC(c1cccc([N+](=O)[O-])c1)N1CCCC(CC(=O)O)C1. The summed E-state index contributed by atoms with van der Waals surface area (Å²) < 4.78 is 0. The summed E-state index contributed by atoms with van der Waals surface area (Å²) in [4.78, 5) is 23.5. The van der Waals surface area contributed by atoms with Gasteiger partial charge in [-0.05, 0) is 37.8 Å². The summed E-state index contributed by atoms with van der Waals surface area (Å²) in [7, 11) is 0. The topological polar surface area (TPSA) is 83.7 Å². The second kappa shape index (κ2) is 6.67. The summed E-state index contributed by atoms with van der Waals surface area (Å²) in [5, 5.41) is 19.8. The van der Waals surface area contributed by atoms with Crippen LogP contribution in [0.2, 0.25) is 0 Å². The van der Waals surface area contributed by atoms with E-state index in [0.29, 0.717) is 0 Å². The maximum atomic E-state index is 10.9. The molecule has 0 spiro atoms. The number of carboxylic acids is 1. The molecular formula is C15H20N2O4. The summed E-state index contributed by atoms with van der Waals surface area (Å²) in [5.41, 5.74) is 0.999. The molecule has 6 heteroatoms. The van der Waals surface area contributed by atoms with Gasteiger partial charge >= 0.3 is 5.97 Å². The average molecular weight is 292 g/mol. The summed E-state index contributed by atoms with van der Waals surface area (Å²) in [6.07, 6.45) is 2.10. The van der Waals surface area contributed by atoms with Crippen LogP contribution in [-0.2, 0) is 4.79 Å². The zero-order chi connectivity index (χ0) is 15.4. The van der Waals surface area contributed by atoms with E-state index in [-0.39, 0.29) is 29.0 Å². The summed E-state index contributed by atoms with van der Waals surface area (Å²) in [6, 6.07) is 6.73. The van der Waals surface area contributed by atoms with Crippen LogP contribution >= 0.6 is 0 Å². The number of piperidine rings is 1. The highest BCUT2D eigenvalue weighted by Crippen LogP contribution is 2.29. The third kappa shape index (κ3) is 4.01. The molecule has 0 amide bonds. The minimum atomic E-state index is -0.759. The summed E-state index contributed by atoms with van der Waals surface area (Å²) >= 11 is 0. The minimum Gasteiger partial charge on any atom is -0.481 e. The zero-order valence-electron chi connectivity index (χ0n) is 12.1. The zero-order valence-corrected chi connectivity index (χ0v) is 12.1. The Morgan fingerprint density at radius 1 is 1.57 bits per heavy atom.